The molecule has 0 saturated carbocycles. The Kier molecular flexibility index (Phi) is 7.63. The second-order valence-electron chi connectivity index (χ2n) is 6.15. The van der Waals surface area contributed by atoms with Crippen LogP contribution in [0.1, 0.15) is 47.5 Å². The molecule has 0 aromatic rings. The Labute approximate surface area is 119 Å². The van der Waals surface area contributed by atoms with Crippen molar-refractivity contribution in [3.05, 3.63) is 0 Å². The van der Waals surface area contributed by atoms with Gasteiger partial charge in [-0.1, -0.05) is 43.4 Å². The maximum absolute atomic E-state index is 11.1. The van der Waals surface area contributed by atoms with Crippen molar-refractivity contribution in [2.24, 2.45) is 5.41 Å². The highest BCUT2D eigenvalue weighted by atomic mass is 127. The van der Waals surface area contributed by atoms with Gasteiger partial charge in [0, 0.05) is 13.2 Å². The Balaban J connectivity index is 3.76. The van der Waals surface area contributed by atoms with Crippen LogP contribution < -0.4 is 5.32 Å². The zero-order valence-electron chi connectivity index (χ0n) is 11.7. The number of alkyl halides is 1. The summed E-state index contributed by atoms with van der Waals surface area (Å²) < 4.78 is 6.38. The molecule has 0 heterocycles. The van der Waals surface area contributed by atoms with Crippen LogP contribution in [-0.4, -0.2) is 29.1 Å². The number of carbonyl (C=O) groups is 1. The molecule has 1 N–H and O–H groups in total. The van der Waals surface area contributed by atoms with Crippen molar-refractivity contribution in [2.45, 2.75) is 53.1 Å². The summed E-state index contributed by atoms with van der Waals surface area (Å²) in [6.07, 6.45) is 1.90. The molecule has 4 heteroatoms. The molecule has 3 nitrogen and oxygen atoms in total. The van der Waals surface area contributed by atoms with E-state index in [0.29, 0.717) is 16.4 Å². The quantitative estimate of drug-likeness (QED) is 0.563. The summed E-state index contributed by atoms with van der Waals surface area (Å²) in [5.41, 5.74) is 0.148. The molecule has 0 aromatic heterocycles. The van der Waals surface area contributed by atoms with Gasteiger partial charge in [-0.15, -0.1) is 0 Å². The third-order valence-corrected chi connectivity index (χ3v) is 3.21. The molecule has 0 spiro atoms. The Bertz CT molecular complexity index is 234. The molecule has 0 rings (SSSR count). The normalized spacial score (nSPS) is 12.6. The molecule has 0 aromatic carbocycles. The number of halogens is 1. The van der Waals surface area contributed by atoms with Crippen molar-refractivity contribution < 1.29 is 9.53 Å². The predicted octanol–water partition coefficient (Wildman–Crippen LogP) is 3.16. The number of rotatable bonds is 7. The number of ether oxygens (including phenoxy) is 1. The van der Waals surface area contributed by atoms with E-state index in [0.717, 1.165) is 19.4 Å². The van der Waals surface area contributed by atoms with E-state index in [4.69, 9.17) is 4.74 Å². The van der Waals surface area contributed by atoms with Crippen molar-refractivity contribution in [3.63, 3.8) is 0 Å². The summed E-state index contributed by atoms with van der Waals surface area (Å²) >= 11 is 2.06. The van der Waals surface area contributed by atoms with Gasteiger partial charge in [0.2, 0.25) is 5.91 Å². The van der Waals surface area contributed by atoms with Gasteiger partial charge in [0.1, 0.15) is 0 Å². The molecule has 0 aliphatic heterocycles. The van der Waals surface area contributed by atoms with E-state index in [-0.39, 0.29) is 11.5 Å². The van der Waals surface area contributed by atoms with Crippen LogP contribution in [0.25, 0.3) is 0 Å². The second-order valence-corrected chi connectivity index (χ2v) is 6.92. The van der Waals surface area contributed by atoms with Crippen molar-refractivity contribution in [1.82, 2.24) is 5.32 Å². The molecule has 17 heavy (non-hydrogen) atoms. The first kappa shape index (κ1) is 17.2. The number of hydrogen-bond donors (Lipinski definition) is 1. The Morgan fingerprint density at radius 2 is 1.76 bits per heavy atom. The fourth-order valence-corrected chi connectivity index (χ4v) is 1.53. The van der Waals surface area contributed by atoms with Gasteiger partial charge in [-0.3, -0.25) is 4.79 Å². The minimum absolute atomic E-state index is 0.0936. The minimum atomic E-state index is -0.163. The van der Waals surface area contributed by atoms with E-state index < -0.39 is 0 Å². The van der Waals surface area contributed by atoms with Crippen LogP contribution in [0.2, 0.25) is 0 Å². The molecule has 0 bridgehead atoms. The molecule has 1 amide bonds. The van der Waals surface area contributed by atoms with E-state index in [2.05, 4.69) is 62.5 Å². The molecule has 0 aliphatic rings. The van der Waals surface area contributed by atoms with Crippen LogP contribution in [0.15, 0.2) is 0 Å². The average Bonchev–Trinajstić information content (AvgIpc) is 2.14. The van der Waals surface area contributed by atoms with Gasteiger partial charge in [0.05, 0.1) is 10.0 Å². The van der Waals surface area contributed by atoms with Gasteiger partial charge >= 0.3 is 0 Å². The van der Waals surface area contributed by atoms with Gasteiger partial charge in [0.25, 0.3) is 0 Å². The standard InChI is InChI=1S/C13H26INO2/c1-12(2,3)7-9-17-13(4,5)6-8-15-11(16)10-14/h6-10H2,1-5H3,(H,15,16). The largest absolute Gasteiger partial charge is 0.375 e. The predicted molar refractivity (Wildman–Crippen MR) is 80.6 cm³/mol. The fourth-order valence-electron chi connectivity index (χ4n) is 1.26. The summed E-state index contributed by atoms with van der Waals surface area (Å²) in [6.45, 7) is 12.2. The molecule has 0 atom stereocenters. The summed E-state index contributed by atoms with van der Waals surface area (Å²) in [6, 6.07) is 0. The first-order valence-electron chi connectivity index (χ1n) is 6.13. The highest BCUT2D eigenvalue weighted by Gasteiger charge is 2.19. The third kappa shape index (κ3) is 11.0. The Morgan fingerprint density at radius 1 is 1.18 bits per heavy atom. The molecule has 0 aliphatic carbocycles. The minimum Gasteiger partial charge on any atom is -0.375 e. The molecule has 0 unspecified atom stereocenters. The lowest BCUT2D eigenvalue weighted by Crippen LogP contribution is -2.33. The van der Waals surface area contributed by atoms with E-state index in [1.165, 1.54) is 0 Å². The molecular formula is C13H26INO2. The molecular weight excluding hydrogens is 329 g/mol. The highest BCUT2D eigenvalue weighted by molar-refractivity contribution is 14.1. The van der Waals surface area contributed by atoms with Crippen LogP contribution in [0.3, 0.4) is 0 Å². The first-order valence-corrected chi connectivity index (χ1v) is 7.65. The molecule has 0 fully saturated rings. The number of amides is 1. The first-order chi connectivity index (χ1) is 7.66. The lowest BCUT2D eigenvalue weighted by atomic mass is 9.93. The van der Waals surface area contributed by atoms with E-state index in [1.54, 1.807) is 0 Å². The van der Waals surface area contributed by atoms with Crippen molar-refractivity contribution in [2.75, 3.05) is 17.6 Å². The SMILES string of the molecule is CC(C)(C)CCOC(C)(C)CCNC(=O)CI. The molecule has 0 radical (unpaired) electrons. The van der Waals surface area contributed by atoms with Gasteiger partial charge in [0.15, 0.2) is 0 Å². The van der Waals surface area contributed by atoms with Gasteiger partial charge in [-0.05, 0) is 32.1 Å². The van der Waals surface area contributed by atoms with E-state index in [1.807, 2.05) is 0 Å². The fraction of sp³-hybridized carbons (Fsp3) is 0.923. The van der Waals surface area contributed by atoms with Crippen LogP contribution in [0.5, 0.6) is 0 Å². The molecule has 0 saturated heterocycles. The van der Waals surface area contributed by atoms with Gasteiger partial charge < -0.3 is 10.1 Å². The average molecular weight is 355 g/mol. The van der Waals surface area contributed by atoms with Crippen molar-refractivity contribution in [3.8, 4) is 0 Å². The summed E-state index contributed by atoms with van der Waals surface area (Å²) in [4.78, 5) is 11.1. The maximum atomic E-state index is 11.1. The molecule has 102 valence electrons. The monoisotopic (exact) mass is 355 g/mol. The smallest absolute Gasteiger partial charge is 0.229 e. The lowest BCUT2D eigenvalue weighted by molar-refractivity contribution is -0.118. The Morgan fingerprint density at radius 3 is 2.24 bits per heavy atom. The van der Waals surface area contributed by atoms with Crippen molar-refractivity contribution >= 4 is 28.5 Å². The summed E-state index contributed by atoms with van der Waals surface area (Å²) in [5.74, 6) is 0.0936. The lowest BCUT2D eigenvalue weighted by Gasteiger charge is -2.27. The summed E-state index contributed by atoms with van der Waals surface area (Å²) in [7, 11) is 0. The van der Waals surface area contributed by atoms with Gasteiger partial charge in [-0.25, -0.2) is 0 Å². The number of hydrogen-bond acceptors (Lipinski definition) is 2. The highest BCUT2D eigenvalue weighted by Crippen LogP contribution is 2.21. The number of nitrogens with one attached hydrogen (secondary N) is 1. The van der Waals surface area contributed by atoms with Crippen LogP contribution in [0, 0.1) is 5.41 Å². The van der Waals surface area contributed by atoms with Crippen LogP contribution in [0.4, 0.5) is 0 Å². The zero-order chi connectivity index (χ0) is 13.5. The number of carbonyl (C=O) groups excluding carboxylic acids is 1. The van der Waals surface area contributed by atoms with E-state index in [9.17, 15) is 4.79 Å². The summed E-state index contributed by atoms with van der Waals surface area (Å²) in [5, 5.41) is 2.87. The van der Waals surface area contributed by atoms with E-state index >= 15 is 0 Å². The van der Waals surface area contributed by atoms with Crippen LogP contribution >= 0.6 is 22.6 Å². The van der Waals surface area contributed by atoms with Crippen molar-refractivity contribution in [1.29, 1.82) is 0 Å². The Hall–Kier alpha value is 0.160. The van der Waals surface area contributed by atoms with Crippen LogP contribution in [-0.2, 0) is 9.53 Å². The topological polar surface area (TPSA) is 38.3 Å². The second kappa shape index (κ2) is 7.56. The third-order valence-electron chi connectivity index (χ3n) is 2.52. The maximum Gasteiger partial charge on any atom is 0.229 e. The van der Waals surface area contributed by atoms with Gasteiger partial charge in [-0.2, -0.15) is 0 Å². The zero-order valence-corrected chi connectivity index (χ0v) is 13.9.